The second-order valence-electron chi connectivity index (χ2n) is 13.1. The van der Waals surface area contributed by atoms with Gasteiger partial charge < -0.3 is 4.74 Å². The van der Waals surface area contributed by atoms with Crippen LogP contribution in [0.3, 0.4) is 0 Å². The minimum Gasteiger partial charge on any atom is -0.316 e. The molecule has 0 bridgehead atoms. The normalized spacial score (nSPS) is 23.3. The van der Waals surface area contributed by atoms with Crippen LogP contribution in [0.2, 0.25) is 0 Å². The summed E-state index contributed by atoms with van der Waals surface area (Å²) >= 11 is 0. The lowest BCUT2D eigenvalue weighted by Crippen LogP contribution is -2.23. The highest BCUT2D eigenvalue weighted by Crippen LogP contribution is 2.41. The lowest BCUT2D eigenvalue weighted by atomic mass is 9.76. The molecule has 0 unspecified atom stereocenters. The zero-order chi connectivity index (χ0) is 30.0. The molecule has 1 nitrogen and oxygen atoms in total. The molecular formula is C37H52F4O. The number of rotatable bonds is 15. The highest BCUT2D eigenvalue weighted by molar-refractivity contribution is 5.31. The minimum absolute atomic E-state index is 0.116. The fraction of sp³-hybridized carbons (Fsp3) is 0.676. The number of hydrogen-bond donors (Lipinski definition) is 0. The van der Waals surface area contributed by atoms with Crippen LogP contribution >= 0.6 is 0 Å². The highest BCUT2D eigenvalue weighted by atomic mass is 19.3. The Balaban J connectivity index is 1.25. The second kappa shape index (κ2) is 16.3. The Morgan fingerprint density at radius 1 is 0.667 bits per heavy atom. The topological polar surface area (TPSA) is 9.23 Å². The van der Waals surface area contributed by atoms with E-state index in [9.17, 15) is 13.2 Å². The molecule has 2 aromatic rings. The maximum Gasteiger partial charge on any atom is 0.386 e. The average Bonchev–Trinajstić information content (AvgIpc) is 3.00. The lowest BCUT2D eigenvalue weighted by Gasteiger charge is -2.29. The summed E-state index contributed by atoms with van der Waals surface area (Å²) in [6.45, 7) is 4.16. The molecule has 0 N–H and O–H groups in total. The predicted octanol–water partition coefficient (Wildman–Crippen LogP) is 12.0. The summed E-state index contributed by atoms with van der Waals surface area (Å²) in [6, 6.07) is 10.6. The number of ether oxygens (including phenoxy) is 1. The van der Waals surface area contributed by atoms with Gasteiger partial charge in [0.1, 0.15) is 0 Å². The van der Waals surface area contributed by atoms with Crippen LogP contribution in [0.1, 0.15) is 151 Å². The molecule has 2 saturated carbocycles. The molecule has 42 heavy (non-hydrogen) atoms. The highest BCUT2D eigenvalue weighted by Gasteiger charge is 2.38. The molecule has 0 radical (unpaired) electrons. The Morgan fingerprint density at radius 2 is 1.21 bits per heavy atom. The maximum absolute atomic E-state index is 15.0. The lowest BCUT2D eigenvalue weighted by molar-refractivity contribution is -0.249. The predicted molar refractivity (Wildman–Crippen MR) is 164 cm³/mol. The Bertz CT molecular complexity index is 1070. The van der Waals surface area contributed by atoms with Crippen LogP contribution in [-0.4, -0.2) is 6.61 Å². The van der Waals surface area contributed by atoms with Crippen LogP contribution in [0.25, 0.3) is 0 Å². The molecule has 0 spiro atoms. The van der Waals surface area contributed by atoms with Gasteiger partial charge >= 0.3 is 6.11 Å². The van der Waals surface area contributed by atoms with E-state index in [1.165, 1.54) is 88.7 Å². The van der Waals surface area contributed by atoms with Crippen molar-refractivity contribution in [2.24, 2.45) is 11.8 Å². The average molecular weight is 589 g/mol. The van der Waals surface area contributed by atoms with E-state index in [0.717, 1.165) is 43.2 Å². The van der Waals surface area contributed by atoms with E-state index in [-0.39, 0.29) is 24.5 Å². The van der Waals surface area contributed by atoms with Crippen molar-refractivity contribution in [3.8, 4) is 0 Å². The number of halogens is 4. The molecule has 2 aliphatic rings. The molecule has 4 rings (SSSR count). The van der Waals surface area contributed by atoms with E-state index in [1.54, 1.807) is 0 Å². The van der Waals surface area contributed by atoms with Gasteiger partial charge in [-0.05, 0) is 104 Å². The standard InChI is InChI=1S/C37H52F4O/c1-3-5-7-9-27-11-17-30(18-12-27)31-19-13-29(14-20-31)25-26-42-37(40,41)34-24-23-33(35(38)36(34)39)32-21-15-28(16-22-32)10-8-6-4-2/h13-14,19-20,23-24,27-28,30,32H,3-12,15-18,21-22,25-26H2,1-2H3. The summed E-state index contributed by atoms with van der Waals surface area (Å²) in [5.74, 6) is -0.671. The van der Waals surface area contributed by atoms with Crippen molar-refractivity contribution in [2.75, 3.05) is 6.61 Å². The van der Waals surface area contributed by atoms with Gasteiger partial charge in [-0.3, -0.25) is 0 Å². The van der Waals surface area contributed by atoms with Crippen molar-refractivity contribution in [2.45, 2.75) is 141 Å². The first-order valence-corrected chi connectivity index (χ1v) is 16.9. The Labute approximate surface area is 251 Å². The first kappa shape index (κ1) is 33.0. The first-order chi connectivity index (χ1) is 20.3. The zero-order valence-electron chi connectivity index (χ0n) is 25.9. The van der Waals surface area contributed by atoms with Crippen molar-refractivity contribution < 1.29 is 22.3 Å². The molecule has 0 heterocycles. The van der Waals surface area contributed by atoms with Crippen LogP contribution in [0.15, 0.2) is 36.4 Å². The van der Waals surface area contributed by atoms with Crippen molar-refractivity contribution in [1.29, 1.82) is 0 Å². The van der Waals surface area contributed by atoms with Crippen molar-refractivity contribution in [3.63, 3.8) is 0 Å². The largest absolute Gasteiger partial charge is 0.386 e. The van der Waals surface area contributed by atoms with E-state index in [4.69, 9.17) is 4.74 Å². The van der Waals surface area contributed by atoms with E-state index < -0.39 is 23.3 Å². The van der Waals surface area contributed by atoms with Crippen molar-refractivity contribution in [1.82, 2.24) is 0 Å². The molecule has 0 atom stereocenters. The number of unbranched alkanes of at least 4 members (excludes halogenated alkanes) is 4. The van der Waals surface area contributed by atoms with E-state index in [2.05, 4.69) is 26.0 Å². The molecule has 2 aromatic carbocycles. The molecule has 2 fully saturated rings. The zero-order valence-corrected chi connectivity index (χ0v) is 25.9. The quantitative estimate of drug-likeness (QED) is 0.149. The van der Waals surface area contributed by atoms with E-state index in [0.29, 0.717) is 11.8 Å². The van der Waals surface area contributed by atoms with Gasteiger partial charge in [-0.2, -0.15) is 8.78 Å². The smallest absolute Gasteiger partial charge is 0.316 e. The molecule has 0 amide bonds. The molecule has 5 heteroatoms. The molecule has 0 aliphatic heterocycles. The fourth-order valence-electron chi connectivity index (χ4n) is 7.35. The summed E-state index contributed by atoms with van der Waals surface area (Å²) in [5.41, 5.74) is 1.43. The van der Waals surface area contributed by atoms with Crippen LogP contribution in [-0.2, 0) is 17.3 Å². The Hall–Kier alpha value is -1.88. The summed E-state index contributed by atoms with van der Waals surface area (Å²) in [6.07, 6.45) is 15.0. The van der Waals surface area contributed by atoms with Crippen LogP contribution in [0.5, 0.6) is 0 Å². The molecule has 234 valence electrons. The Morgan fingerprint density at radius 3 is 1.76 bits per heavy atom. The third-order valence-corrected chi connectivity index (χ3v) is 10.1. The van der Waals surface area contributed by atoms with Crippen LogP contribution in [0, 0.1) is 23.5 Å². The van der Waals surface area contributed by atoms with Crippen molar-refractivity contribution in [3.05, 3.63) is 70.3 Å². The van der Waals surface area contributed by atoms with Gasteiger partial charge in [0.25, 0.3) is 0 Å². The van der Waals surface area contributed by atoms with Crippen molar-refractivity contribution >= 4 is 0 Å². The number of benzene rings is 2. The van der Waals surface area contributed by atoms with Gasteiger partial charge in [0.2, 0.25) is 0 Å². The van der Waals surface area contributed by atoms with E-state index in [1.807, 2.05) is 12.1 Å². The molecule has 0 aromatic heterocycles. The monoisotopic (exact) mass is 588 g/mol. The first-order valence-electron chi connectivity index (χ1n) is 16.9. The third-order valence-electron chi connectivity index (χ3n) is 10.1. The summed E-state index contributed by atoms with van der Waals surface area (Å²) < 4.78 is 64.6. The van der Waals surface area contributed by atoms with Gasteiger partial charge in [0, 0.05) is 0 Å². The molecule has 2 aliphatic carbocycles. The van der Waals surface area contributed by atoms with Gasteiger partial charge in [-0.25, -0.2) is 8.78 Å². The SMILES string of the molecule is CCCCCC1CCC(c2ccc(CCOC(F)(F)c3ccc(C4CCC(CCCCC)CC4)c(F)c3F)cc2)CC1. The van der Waals surface area contributed by atoms with Gasteiger partial charge in [0.05, 0.1) is 12.2 Å². The summed E-state index contributed by atoms with van der Waals surface area (Å²) in [4.78, 5) is 0. The maximum atomic E-state index is 15.0. The number of hydrogen-bond acceptors (Lipinski definition) is 1. The summed E-state index contributed by atoms with van der Waals surface area (Å²) in [5, 5.41) is 0. The summed E-state index contributed by atoms with van der Waals surface area (Å²) in [7, 11) is 0. The number of alkyl halides is 2. The second-order valence-corrected chi connectivity index (χ2v) is 13.1. The third kappa shape index (κ3) is 9.07. The van der Waals surface area contributed by atoms with E-state index >= 15 is 4.39 Å². The van der Waals surface area contributed by atoms with Gasteiger partial charge in [-0.1, -0.05) is 95.5 Å². The van der Waals surface area contributed by atoms with Gasteiger partial charge in [-0.15, -0.1) is 0 Å². The molecule has 0 saturated heterocycles. The Kier molecular flexibility index (Phi) is 12.8. The molecular weight excluding hydrogens is 536 g/mol. The fourth-order valence-corrected chi connectivity index (χ4v) is 7.35. The van der Waals surface area contributed by atoms with Crippen LogP contribution in [0.4, 0.5) is 17.6 Å². The van der Waals surface area contributed by atoms with Gasteiger partial charge in [0.15, 0.2) is 11.6 Å². The van der Waals surface area contributed by atoms with Crippen LogP contribution < -0.4 is 0 Å². The minimum atomic E-state index is -3.89.